The maximum Gasteiger partial charge on any atom is 0.335 e. The van der Waals surface area contributed by atoms with Crippen molar-refractivity contribution in [1.82, 2.24) is 4.72 Å². The SMILES string of the molecule is COC(C)(C)CS(=O)(=O)NCc1ccc(C(=O)O)cc1. The molecular weight excluding hydrogens is 282 g/mol. The predicted octanol–water partition coefficient (Wildman–Crippen LogP) is 1.23. The first-order valence-corrected chi connectivity index (χ1v) is 7.65. The summed E-state index contributed by atoms with van der Waals surface area (Å²) in [7, 11) is -2.01. The number of carbonyl (C=O) groups is 1. The Morgan fingerprint density at radius 2 is 1.85 bits per heavy atom. The zero-order valence-corrected chi connectivity index (χ0v) is 12.5. The topological polar surface area (TPSA) is 92.7 Å². The second-order valence-electron chi connectivity index (χ2n) is 5.05. The van der Waals surface area contributed by atoms with Crippen molar-refractivity contribution < 1.29 is 23.1 Å². The first-order chi connectivity index (χ1) is 9.15. The van der Waals surface area contributed by atoms with E-state index in [1.54, 1.807) is 26.0 Å². The number of sulfonamides is 1. The highest BCUT2D eigenvalue weighted by Gasteiger charge is 2.25. The summed E-state index contributed by atoms with van der Waals surface area (Å²) in [5, 5.41) is 8.76. The van der Waals surface area contributed by atoms with E-state index in [2.05, 4.69) is 4.72 Å². The monoisotopic (exact) mass is 301 g/mol. The largest absolute Gasteiger partial charge is 0.478 e. The van der Waals surface area contributed by atoms with Crippen molar-refractivity contribution in [1.29, 1.82) is 0 Å². The van der Waals surface area contributed by atoms with Crippen molar-refractivity contribution >= 4 is 16.0 Å². The fourth-order valence-electron chi connectivity index (χ4n) is 1.53. The number of hydrogen-bond donors (Lipinski definition) is 2. The van der Waals surface area contributed by atoms with Crippen LogP contribution in [-0.2, 0) is 21.3 Å². The summed E-state index contributed by atoms with van der Waals surface area (Å²) >= 11 is 0. The molecule has 0 spiro atoms. The molecule has 112 valence electrons. The van der Waals surface area contributed by atoms with E-state index in [0.29, 0.717) is 5.56 Å². The minimum Gasteiger partial charge on any atom is -0.478 e. The van der Waals surface area contributed by atoms with Gasteiger partial charge in [-0.3, -0.25) is 0 Å². The average molecular weight is 301 g/mol. The normalized spacial score (nSPS) is 12.3. The molecule has 1 aromatic carbocycles. The molecular formula is C13H19NO5S. The predicted molar refractivity (Wildman–Crippen MR) is 75.1 cm³/mol. The highest BCUT2D eigenvalue weighted by Crippen LogP contribution is 2.11. The third-order valence-electron chi connectivity index (χ3n) is 2.79. The minimum atomic E-state index is -3.47. The van der Waals surface area contributed by atoms with Crippen molar-refractivity contribution in [3.63, 3.8) is 0 Å². The Morgan fingerprint density at radius 1 is 1.30 bits per heavy atom. The first-order valence-electron chi connectivity index (χ1n) is 6.00. The minimum absolute atomic E-state index is 0.113. The van der Waals surface area contributed by atoms with E-state index in [4.69, 9.17) is 9.84 Å². The van der Waals surface area contributed by atoms with Gasteiger partial charge in [-0.15, -0.1) is 0 Å². The Labute approximate surface area is 118 Å². The molecule has 6 nitrogen and oxygen atoms in total. The Hall–Kier alpha value is -1.44. The van der Waals surface area contributed by atoms with Gasteiger partial charge in [-0.1, -0.05) is 12.1 Å². The molecule has 0 aliphatic carbocycles. The highest BCUT2D eigenvalue weighted by molar-refractivity contribution is 7.89. The lowest BCUT2D eigenvalue weighted by molar-refractivity contribution is 0.0423. The van der Waals surface area contributed by atoms with Crippen LogP contribution in [0.2, 0.25) is 0 Å². The Morgan fingerprint density at radius 3 is 2.30 bits per heavy atom. The van der Waals surface area contributed by atoms with Crippen LogP contribution in [-0.4, -0.2) is 38.0 Å². The number of methoxy groups -OCH3 is 1. The van der Waals surface area contributed by atoms with Crippen molar-refractivity contribution in [3.05, 3.63) is 35.4 Å². The molecule has 1 aromatic rings. The van der Waals surface area contributed by atoms with Gasteiger partial charge < -0.3 is 9.84 Å². The quantitative estimate of drug-likeness (QED) is 0.790. The molecule has 20 heavy (non-hydrogen) atoms. The van der Waals surface area contributed by atoms with Gasteiger partial charge in [0.1, 0.15) is 0 Å². The molecule has 0 bridgehead atoms. The van der Waals surface area contributed by atoms with Crippen LogP contribution in [0.3, 0.4) is 0 Å². The molecule has 1 rings (SSSR count). The smallest absolute Gasteiger partial charge is 0.335 e. The second kappa shape index (κ2) is 6.34. The average Bonchev–Trinajstić information content (AvgIpc) is 2.36. The van der Waals surface area contributed by atoms with E-state index in [-0.39, 0.29) is 17.9 Å². The van der Waals surface area contributed by atoms with Gasteiger partial charge in [-0.05, 0) is 31.5 Å². The third kappa shape index (κ3) is 5.28. The second-order valence-corrected chi connectivity index (χ2v) is 6.85. The van der Waals surface area contributed by atoms with E-state index < -0.39 is 21.6 Å². The number of ether oxygens (including phenoxy) is 1. The molecule has 0 atom stereocenters. The van der Waals surface area contributed by atoms with Gasteiger partial charge >= 0.3 is 5.97 Å². The molecule has 0 radical (unpaired) electrons. The molecule has 7 heteroatoms. The van der Waals surface area contributed by atoms with Crippen molar-refractivity contribution in [3.8, 4) is 0 Å². The van der Waals surface area contributed by atoms with Gasteiger partial charge in [-0.25, -0.2) is 17.9 Å². The lowest BCUT2D eigenvalue weighted by Crippen LogP contribution is -2.38. The summed E-state index contributed by atoms with van der Waals surface area (Å²) < 4.78 is 31.3. The molecule has 0 saturated heterocycles. The van der Waals surface area contributed by atoms with E-state index in [1.807, 2.05) is 0 Å². The van der Waals surface area contributed by atoms with Crippen LogP contribution in [0.1, 0.15) is 29.8 Å². The van der Waals surface area contributed by atoms with Crippen molar-refractivity contribution in [2.45, 2.75) is 26.0 Å². The number of hydrogen-bond acceptors (Lipinski definition) is 4. The van der Waals surface area contributed by atoms with Crippen LogP contribution >= 0.6 is 0 Å². The highest BCUT2D eigenvalue weighted by atomic mass is 32.2. The molecule has 0 amide bonds. The van der Waals surface area contributed by atoms with E-state index in [9.17, 15) is 13.2 Å². The van der Waals surface area contributed by atoms with Gasteiger partial charge in [0.2, 0.25) is 10.0 Å². The van der Waals surface area contributed by atoms with Gasteiger partial charge in [0, 0.05) is 13.7 Å². The van der Waals surface area contributed by atoms with E-state index >= 15 is 0 Å². The summed E-state index contributed by atoms with van der Waals surface area (Å²) in [6.07, 6.45) is 0. The molecule has 2 N–H and O–H groups in total. The number of carboxylic acid groups (broad SMARTS) is 1. The third-order valence-corrected chi connectivity index (χ3v) is 4.45. The maximum atomic E-state index is 11.9. The molecule has 0 aromatic heterocycles. The Bertz CT molecular complexity index is 563. The van der Waals surface area contributed by atoms with Crippen LogP contribution in [0.25, 0.3) is 0 Å². The van der Waals surface area contributed by atoms with E-state index in [0.717, 1.165) is 0 Å². The van der Waals surface area contributed by atoms with Crippen LogP contribution in [0.4, 0.5) is 0 Å². The van der Waals surface area contributed by atoms with Crippen molar-refractivity contribution in [2.24, 2.45) is 0 Å². The van der Waals surface area contributed by atoms with Crippen LogP contribution in [0.5, 0.6) is 0 Å². The molecule has 0 unspecified atom stereocenters. The fraction of sp³-hybridized carbons (Fsp3) is 0.462. The summed E-state index contributed by atoms with van der Waals surface area (Å²) in [5.74, 6) is -1.16. The number of nitrogens with one attached hydrogen (secondary N) is 1. The zero-order chi connectivity index (χ0) is 15.4. The lowest BCUT2D eigenvalue weighted by Gasteiger charge is -2.22. The van der Waals surface area contributed by atoms with Crippen LogP contribution in [0, 0.1) is 0 Å². The molecule has 0 fully saturated rings. The number of benzene rings is 1. The lowest BCUT2D eigenvalue weighted by atomic mass is 10.1. The summed E-state index contributed by atoms with van der Waals surface area (Å²) in [4.78, 5) is 10.7. The molecule has 0 saturated carbocycles. The van der Waals surface area contributed by atoms with Gasteiger partial charge in [0.05, 0.1) is 16.9 Å². The van der Waals surface area contributed by atoms with E-state index in [1.165, 1.54) is 19.2 Å². The standard InChI is InChI=1S/C13H19NO5S/c1-13(2,19-3)9-20(17,18)14-8-10-4-6-11(7-5-10)12(15)16/h4-7,14H,8-9H2,1-3H3,(H,15,16). The Kier molecular flexibility index (Phi) is 5.27. The molecule has 0 aliphatic heterocycles. The zero-order valence-electron chi connectivity index (χ0n) is 11.7. The van der Waals surface area contributed by atoms with Gasteiger partial charge in [-0.2, -0.15) is 0 Å². The summed E-state index contributed by atoms with van der Waals surface area (Å²) in [5.41, 5.74) is 0.0878. The number of rotatable bonds is 7. The van der Waals surface area contributed by atoms with Crippen molar-refractivity contribution in [2.75, 3.05) is 12.9 Å². The first kappa shape index (κ1) is 16.6. The number of aromatic carboxylic acids is 1. The van der Waals surface area contributed by atoms with Gasteiger partial charge in [0.25, 0.3) is 0 Å². The molecule has 0 heterocycles. The number of carboxylic acids is 1. The van der Waals surface area contributed by atoms with Crippen LogP contribution < -0.4 is 4.72 Å². The summed E-state index contributed by atoms with van der Waals surface area (Å²) in [6.45, 7) is 3.49. The fourth-order valence-corrected chi connectivity index (χ4v) is 3.05. The van der Waals surface area contributed by atoms with Crippen LogP contribution in [0.15, 0.2) is 24.3 Å². The molecule has 0 aliphatic rings. The Balaban J connectivity index is 2.64. The maximum absolute atomic E-state index is 11.9. The van der Waals surface area contributed by atoms with Gasteiger partial charge in [0.15, 0.2) is 0 Å². The summed E-state index contributed by atoms with van der Waals surface area (Å²) in [6, 6.07) is 6.02.